The van der Waals surface area contributed by atoms with Gasteiger partial charge in [-0.15, -0.1) is 6.58 Å². The summed E-state index contributed by atoms with van der Waals surface area (Å²) >= 11 is 0. The van der Waals surface area contributed by atoms with Gasteiger partial charge in [-0.2, -0.15) is 0 Å². The summed E-state index contributed by atoms with van der Waals surface area (Å²) < 4.78 is 34.7. The lowest BCUT2D eigenvalue weighted by Crippen LogP contribution is -2.02. The molecule has 31 heavy (non-hydrogen) atoms. The second-order valence-electron chi connectivity index (χ2n) is 7.85. The molecule has 0 aliphatic heterocycles. The van der Waals surface area contributed by atoms with Crippen molar-refractivity contribution < 1.29 is 13.5 Å². The average Bonchev–Trinajstić information content (AvgIpc) is 2.80. The normalized spacial score (nSPS) is 16.0. The molecule has 0 saturated carbocycles. The topological polar surface area (TPSA) is 9.23 Å². The summed E-state index contributed by atoms with van der Waals surface area (Å²) in [6.45, 7) is 6.18. The Hall–Kier alpha value is -3.20. The number of benzene rings is 3. The van der Waals surface area contributed by atoms with Crippen LogP contribution in [0, 0.1) is 17.6 Å². The third kappa shape index (κ3) is 4.61. The molecule has 1 unspecified atom stereocenters. The van der Waals surface area contributed by atoms with Gasteiger partial charge in [0.15, 0.2) is 0 Å². The zero-order chi connectivity index (χ0) is 21.8. The maximum atomic E-state index is 14.9. The van der Waals surface area contributed by atoms with Gasteiger partial charge in [-0.1, -0.05) is 48.6 Å². The van der Waals surface area contributed by atoms with Crippen LogP contribution in [0.25, 0.3) is 27.8 Å². The van der Waals surface area contributed by atoms with Gasteiger partial charge in [-0.05, 0) is 72.6 Å². The molecule has 1 aliphatic carbocycles. The van der Waals surface area contributed by atoms with E-state index in [1.54, 1.807) is 18.2 Å². The molecule has 3 aromatic rings. The van der Waals surface area contributed by atoms with E-state index in [9.17, 15) is 8.78 Å². The molecule has 0 amide bonds. The molecule has 1 nitrogen and oxygen atoms in total. The number of ether oxygens (including phenoxy) is 1. The Morgan fingerprint density at radius 1 is 0.903 bits per heavy atom. The van der Waals surface area contributed by atoms with Crippen molar-refractivity contribution in [1.82, 2.24) is 0 Å². The van der Waals surface area contributed by atoms with E-state index in [1.165, 1.54) is 23.3 Å². The summed E-state index contributed by atoms with van der Waals surface area (Å²) in [4.78, 5) is 0. The summed E-state index contributed by atoms with van der Waals surface area (Å²) in [6.07, 6.45) is 7.55. The lowest BCUT2D eigenvalue weighted by atomic mass is 9.86. The van der Waals surface area contributed by atoms with Crippen molar-refractivity contribution >= 4 is 5.57 Å². The second kappa shape index (κ2) is 9.30. The maximum Gasteiger partial charge on any atom is 0.134 e. The van der Waals surface area contributed by atoms with Gasteiger partial charge in [-0.25, -0.2) is 8.78 Å². The fraction of sp³-hybridized carbons (Fsp3) is 0.214. The van der Waals surface area contributed by atoms with Crippen LogP contribution in [0.1, 0.15) is 31.7 Å². The van der Waals surface area contributed by atoms with E-state index in [4.69, 9.17) is 4.74 Å². The third-order valence-electron chi connectivity index (χ3n) is 5.88. The third-order valence-corrected chi connectivity index (χ3v) is 5.88. The summed E-state index contributed by atoms with van der Waals surface area (Å²) in [5.41, 5.74) is 4.73. The molecule has 3 aromatic carbocycles. The van der Waals surface area contributed by atoms with E-state index in [1.807, 2.05) is 31.2 Å². The lowest BCUT2D eigenvalue weighted by molar-refractivity contribution is 0.338. The van der Waals surface area contributed by atoms with Crippen molar-refractivity contribution in [3.63, 3.8) is 0 Å². The van der Waals surface area contributed by atoms with Crippen LogP contribution in [0.3, 0.4) is 0 Å². The van der Waals surface area contributed by atoms with Crippen LogP contribution < -0.4 is 4.74 Å². The first-order valence-electron chi connectivity index (χ1n) is 10.7. The molecule has 158 valence electrons. The van der Waals surface area contributed by atoms with E-state index in [0.717, 1.165) is 30.4 Å². The van der Waals surface area contributed by atoms with Crippen LogP contribution in [-0.4, -0.2) is 6.61 Å². The number of hydrogen-bond acceptors (Lipinski definition) is 1. The Balaban J connectivity index is 1.56. The molecule has 0 N–H and O–H groups in total. The standard InChI is InChI=1S/C28H26F2O/c1-3-19-5-7-20(8-6-19)21-9-11-22(12-10-21)23-13-15-25(27(29)17-23)26-16-14-24(31-4-2)18-28(26)30/h3,7,9-19H,1,4-6,8H2,2H3. The van der Waals surface area contributed by atoms with Crippen LogP contribution in [0.5, 0.6) is 5.75 Å². The van der Waals surface area contributed by atoms with E-state index < -0.39 is 11.6 Å². The fourth-order valence-electron chi connectivity index (χ4n) is 4.09. The molecule has 4 rings (SSSR count). The molecular weight excluding hydrogens is 390 g/mol. The van der Waals surface area contributed by atoms with E-state index >= 15 is 0 Å². The molecule has 0 heterocycles. The van der Waals surface area contributed by atoms with Gasteiger partial charge in [-0.3, -0.25) is 0 Å². The van der Waals surface area contributed by atoms with Gasteiger partial charge in [0.25, 0.3) is 0 Å². The minimum Gasteiger partial charge on any atom is -0.494 e. The molecule has 0 radical (unpaired) electrons. The quantitative estimate of drug-likeness (QED) is 0.369. The predicted molar refractivity (Wildman–Crippen MR) is 124 cm³/mol. The van der Waals surface area contributed by atoms with E-state index in [2.05, 4.69) is 24.8 Å². The van der Waals surface area contributed by atoms with Crippen molar-refractivity contribution in [3.8, 4) is 28.0 Å². The Morgan fingerprint density at radius 2 is 1.55 bits per heavy atom. The first-order valence-corrected chi connectivity index (χ1v) is 10.7. The molecule has 3 heteroatoms. The Labute approximate surface area is 182 Å². The predicted octanol–water partition coefficient (Wildman–Crippen LogP) is 8.07. The molecule has 1 atom stereocenters. The summed E-state index contributed by atoms with van der Waals surface area (Å²) in [5.74, 6) is 0.0650. The van der Waals surface area contributed by atoms with E-state index in [-0.39, 0.29) is 11.1 Å². The van der Waals surface area contributed by atoms with Crippen LogP contribution in [0.4, 0.5) is 8.78 Å². The molecule has 0 saturated heterocycles. The van der Waals surface area contributed by atoms with Gasteiger partial charge in [0, 0.05) is 17.2 Å². The minimum atomic E-state index is -0.499. The number of hydrogen-bond donors (Lipinski definition) is 0. The molecule has 1 aliphatic rings. The highest BCUT2D eigenvalue weighted by Gasteiger charge is 2.14. The van der Waals surface area contributed by atoms with Gasteiger partial charge in [0.2, 0.25) is 0 Å². The van der Waals surface area contributed by atoms with Gasteiger partial charge in [0.05, 0.1) is 6.61 Å². The Morgan fingerprint density at radius 3 is 2.13 bits per heavy atom. The maximum absolute atomic E-state index is 14.9. The van der Waals surface area contributed by atoms with Crippen molar-refractivity contribution in [3.05, 3.63) is 96.6 Å². The van der Waals surface area contributed by atoms with Gasteiger partial charge < -0.3 is 4.74 Å². The molecule has 0 bridgehead atoms. The minimum absolute atomic E-state index is 0.227. The first-order chi connectivity index (χ1) is 15.1. The highest BCUT2D eigenvalue weighted by atomic mass is 19.1. The summed E-state index contributed by atoms with van der Waals surface area (Å²) in [6, 6.07) is 17.7. The average molecular weight is 417 g/mol. The van der Waals surface area contributed by atoms with Crippen LogP contribution in [0.15, 0.2) is 79.4 Å². The molecular formula is C28H26F2O. The van der Waals surface area contributed by atoms with Crippen molar-refractivity contribution in [2.45, 2.75) is 26.2 Å². The van der Waals surface area contributed by atoms with Crippen LogP contribution >= 0.6 is 0 Å². The second-order valence-corrected chi connectivity index (χ2v) is 7.85. The van der Waals surface area contributed by atoms with Gasteiger partial charge in [0.1, 0.15) is 17.4 Å². The van der Waals surface area contributed by atoms with Gasteiger partial charge >= 0.3 is 0 Å². The van der Waals surface area contributed by atoms with E-state index in [0.29, 0.717) is 18.3 Å². The monoisotopic (exact) mass is 416 g/mol. The highest BCUT2D eigenvalue weighted by molar-refractivity contribution is 5.74. The zero-order valence-electron chi connectivity index (χ0n) is 17.7. The van der Waals surface area contributed by atoms with Crippen molar-refractivity contribution in [2.24, 2.45) is 5.92 Å². The smallest absolute Gasteiger partial charge is 0.134 e. The molecule has 0 aromatic heterocycles. The number of halogens is 2. The van der Waals surface area contributed by atoms with Crippen molar-refractivity contribution in [1.29, 1.82) is 0 Å². The lowest BCUT2D eigenvalue weighted by Gasteiger charge is -2.19. The number of rotatable bonds is 6. The Bertz CT molecular complexity index is 1110. The largest absolute Gasteiger partial charge is 0.494 e. The van der Waals surface area contributed by atoms with Crippen molar-refractivity contribution in [2.75, 3.05) is 6.61 Å². The number of allylic oxidation sites excluding steroid dienone is 3. The fourth-order valence-corrected chi connectivity index (χ4v) is 4.09. The van der Waals surface area contributed by atoms with Crippen LogP contribution in [0.2, 0.25) is 0 Å². The SMILES string of the molecule is C=CC1CC=C(c2ccc(-c3ccc(-c4ccc(OCC)cc4F)c(F)c3)cc2)CC1. The zero-order valence-corrected chi connectivity index (χ0v) is 17.7. The molecule has 0 fully saturated rings. The molecule has 0 spiro atoms. The highest BCUT2D eigenvalue weighted by Crippen LogP contribution is 2.34. The first kappa shape index (κ1) is 21.0. The Kier molecular flexibility index (Phi) is 6.31. The summed E-state index contributed by atoms with van der Waals surface area (Å²) in [7, 11) is 0. The summed E-state index contributed by atoms with van der Waals surface area (Å²) in [5, 5.41) is 0. The van der Waals surface area contributed by atoms with Crippen LogP contribution in [-0.2, 0) is 0 Å².